The van der Waals surface area contributed by atoms with E-state index in [1.54, 1.807) is 46.5 Å². The Morgan fingerprint density at radius 1 is 1.06 bits per heavy atom. The van der Waals surface area contributed by atoms with Crippen molar-refractivity contribution in [1.29, 1.82) is 0 Å². The van der Waals surface area contributed by atoms with Crippen LogP contribution < -0.4 is 14.5 Å². The van der Waals surface area contributed by atoms with Crippen molar-refractivity contribution in [3.8, 4) is 5.75 Å². The molecule has 0 spiro atoms. The first-order valence-electron chi connectivity index (χ1n) is 10.7. The average Bonchev–Trinajstić information content (AvgIpc) is 3.51. The second-order valence-corrected chi connectivity index (χ2v) is 11.0. The molecule has 1 aliphatic carbocycles. The number of nitrogens with zero attached hydrogens (tertiary/aromatic N) is 4. The van der Waals surface area contributed by atoms with E-state index in [4.69, 9.17) is 4.74 Å². The average molecular weight is 457 g/mol. The SMILES string of the molecule is CS(=O)(=O)C1CN(c2ncc(N3CC[C@@H](Oc4ccc(C(=O)C5CC5)cc4)C3=O)cn2)C1. The van der Waals surface area contributed by atoms with Gasteiger partial charge in [-0.05, 0) is 37.1 Å². The standard InChI is InChI=1S/C22H24N4O5S/c1-32(29,30)18-12-25(13-18)22-23-10-16(11-24-22)26-9-8-19(21(26)28)31-17-6-4-15(5-7-17)20(27)14-2-3-14/h4-7,10-11,14,18-19H,2-3,8-9,12-13H2,1H3/t19-/m1/s1. The second kappa shape index (κ2) is 7.84. The molecule has 9 nitrogen and oxygen atoms in total. The molecule has 0 radical (unpaired) electrons. The van der Waals surface area contributed by atoms with Crippen LogP contribution in [0.3, 0.4) is 0 Å². The maximum absolute atomic E-state index is 12.8. The minimum atomic E-state index is -3.06. The van der Waals surface area contributed by atoms with E-state index in [1.807, 2.05) is 0 Å². The van der Waals surface area contributed by atoms with Crippen molar-refractivity contribution >= 4 is 33.2 Å². The number of aromatic nitrogens is 2. The van der Waals surface area contributed by atoms with Crippen LogP contribution in [0.1, 0.15) is 29.6 Å². The lowest BCUT2D eigenvalue weighted by Gasteiger charge is -2.37. The van der Waals surface area contributed by atoms with Crippen LogP contribution >= 0.6 is 0 Å². The molecule has 1 atom stereocenters. The van der Waals surface area contributed by atoms with Gasteiger partial charge in [-0.2, -0.15) is 0 Å². The smallest absolute Gasteiger partial charge is 0.268 e. The zero-order valence-corrected chi connectivity index (χ0v) is 18.5. The van der Waals surface area contributed by atoms with Crippen molar-refractivity contribution in [3.05, 3.63) is 42.2 Å². The van der Waals surface area contributed by atoms with Gasteiger partial charge in [-0.3, -0.25) is 9.59 Å². The minimum absolute atomic E-state index is 0.166. The maximum Gasteiger partial charge on any atom is 0.268 e. The molecule has 1 aromatic heterocycles. The Kier molecular flexibility index (Phi) is 5.11. The summed E-state index contributed by atoms with van der Waals surface area (Å²) in [5.74, 6) is 1.19. The number of anilines is 2. The van der Waals surface area contributed by atoms with Crippen LogP contribution in [-0.4, -0.2) is 67.3 Å². The summed E-state index contributed by atoms with van der Waals surface area (Å²) in [7, 11) is -3.06. The number of hydrogen-bond donors (Lipinski definition) is 0. The van der Waals surface area contributed by atoms with Gasteiger partial charge in [0.1, 0.15) is 5.75 Å². The van der Waals surface area contributed by atoms with Crippen LogP contribution in [0.2, 0.25) is 0 Å². The lowest BCUT2D eigenvalue weighted by molar-refractivity contribution is -0.122. The Bertz CT molecular complexity index is 1140. The quantitative estimate of drug-likeness (QED) is 0.577. The fraction of sp³-hybridized carbons (Fsp3) is 0.455. The summed E-state index contributed by atoms with van der Waals surface area (Å²) >= 11 is 0. The molecule has 168 valence electrons. The molecule has 1 aromatic carbocycles. The van der Waals surface area contributed by atoms with Gasteiger partial charge in [0.05, 0.1) is 23.3 Å². The number of hydrogen-bond acceptors (Lipinski definition) is 8. The van der Waals surface area contributed by atoms with Gasteiger partial charge in [0, 0.05) is 43.8 Å². The molecular weight excluding hydrogens is 432 g/mol. The molecule has 1 saturated carbocycles. The number of Topliss-reactive ketones (excluding diaryl/α,β-unsaturated/α-hetero) is 1. The summed E-state index contributed by atoms with van der Waals surface area (Å²) in [5, 5.41) is -0.385. The summed E-state index contributed by atoms with van der Waals surface area (Å²) in [6, 6.07) is 6.98. The van der Waals surface area contributed by atoms with Crippen LogP contribution in [-0.2, 0) is 14.6 Å². The third-order valence-electron chi connectivity index (χ3n) is 6.19. The zero-order valence-electron chi connectivity index (χ0n) is 17.7. The first-order chi connectivity index (χ1) is 15.3. The summed E-state index contributed by atoms with van der Waals surface area (Å²) < 4.78 is 29.0. The number of carbonyl (C=O) groups is 2. The molecule has 0 unspecified atom stereocenters. The minimum Gasteiger partial charge on any atom is -0.481 e. The lowest BCUT2D eigenvalue weighted by Crippen LogP contribution is -2.55. The highest BCUT2D eigenvalue weighted by molar-refractivity contribution is 7.91. The molecule has 5 rings (SSSR count). The molecule has 2 aliphatic heterocycles. The van der Waals surface area contributed by atoms with Crippen LogP contribution in [0, 0.1) is 5.92 Å². The van der Waals surface area contributed by atoms with E-state index in [2.05, 4.69) is 9.97 Å². The number of ether oxygens (including phenoxy) is 1. The van der Waals surface area contributed by atoms with Crippen molar-refractivity contribution in [1.82, 2.24) is 9.97 Å². The molecule has 10 heteroatoms. The third kappa shape index (κ3) is 4.06. The van der Waals surface area contributed by atoms with E-state index in [0.717, 1.165) is 12.8 Å². The zero-order chi connectivity index (χ0) is 22.5. The Hall–Kier alpha value is -3.01. The molecule has 0 bridgehead atoms. The largest absolute Gasteiger partial charge is 0.481 e. The number of rotatable bonds is 7. The van der Waals surface area contributed by atoms with Gasteiger partial charge in [0.15, 0.2) is 21.7 Å². The topological polar surface area (TPSA) is 110 Å². The molecule has 3 heterocycles. The van der Waals surface area contributed by atoms with Gasteiger partial charge in [-0.1, -0.05) is 0 Å². The predicted molar refractivity (Wildman–Crippen MR) is 118 cm³/mol. The van der Waals surface area contributed by atoms with E-state index < -0.39 is 15.9 Å². The van der Waals surface area contributed by atoms with Gasteiger partial charge < -0.3 is 14.5 Å². The molecule has 3 fully saturated rings. The predicted octanol–water partition coefficient (Wildman–Crippen LogP) is 1.49. The summed E-state index contributed by atoms with van der Waals surface area (Å²) in [6.07, 6.45) is 6.25. The first-order valence-corrected chi connectivity index (χ1v) is 12.6. The van der Waals surface area contributed by atoms with Crippen molar-refractivity contribution in [2.45, 2.75) is 30.6 Å². The molecule has 3 aliphatic rings. The molecule has 32 heavy (non-hydrogen) atoms. The Labute approximate surface area is 186 Å². The highest BCUT2D eigenvalue weighted by Gasteiger charge is 2.37. The van der Waals surface area contributed by atoms with E-state index in [0.29, 0.717) is 49.0 Å². The molecule has 0 N–H and O–H groups in total. The van der Waals surface area contributed by atoms with Crippen LogP contribution in [0.5, 0.6) is 5.75 Å². The maximum atomic E-state index is 12.8. The summed E-state index contributed by atoms with van der Waals surface area (Å²) in [5.41, 5.74) is 1.26. The van der Waals surface area contributed by atoms with Crippen LogP contribution in [0.25, 0.3) is 0 Å². The van der Waals surface area contributed by atoms with Crippen molar-refractivity contribution in [2.75, 3.05) is 35.7 Å². The van der Waals surface area contributed by atoms with E-state index in [1.165, 1.54) is 6.26 Å². The summed E-state index contributed by atoms with van der Waals surface area (Å²) in [4.78, 5) is 37.0. The van der Waals surface area contributed by atoms with Gasteiger partial charge >= 0.3 is 0 Å². The van der Waals surface area contributed by atoms with E-state index in [-0.39, 0.29) is 22.9 Å². The van der Waals surface area contributed by atoms with Crippen molar-refractivity contribution in [2.24, 2.45) is 5.92 Å². The van der Waals surface area contributed by atoms with Gasteiger partial charge in [-0.25, -0.2) is 18.4 Å². The summed E-state index contributed by atoms with van der Waals surface area (Å²) in [6.45, 7) is 1.24. The number of amides is 1. The molecule has 2 aromatic rings. The van der Waals surface area contributed by atoms with Gasteiger partial charge in [0.2, 0.25) is 5.95 Å². The van der Waals surface area contributed by atoms with E-state index >= 15 is 0 Å². The Morgan fingerprint density at radius 2 is 1.72 bits per heavy atom. The molecule has 2 saturated heterocycles. The van der Waals surface area contributed by atoms with Crippen molar-refractivity contribution in [3.63, 3.8) is 0 Å². The fourth-order valence-corrected chi connectivity index (χ4v) is 4.85. The van der Waals surface area contributed by atoms with Crippen molar-refractivity contribution < 1.29 is 22.7 Å². The highest BCUT2D eigenvalue weighted by Crippen LogP contribution is 2.33. The van der Waals surface area contributed by atoms with Gasteiger partial charge in [-0.15, -0.1) is 0 Å². The number of carbonyl (C=O) groups excluding carboxylic acids is 2. The lowest BCUT2D eigenvalue weighted by atomic mass is 10.1. The Morgan fingerprint density at radius 3 is 2.31 bits per heavy atom. The molecule has 1 amide bonds. The number of sulfone groups is 1. The number of ketones is 1. The monoisotopic (exact) mass is 456 g/mol. The van der Waals surface area contributed by atoms with Crippen LogP contribution in [0.15, 0.2) is 36.7 Å². The number of benzene rings is 1. The van der Waals surface area contributed by atoms with E-state index in [9.17, 15) is 18.0 Å². The Balaban J connectivity index is 1.19. The second-order valence-electron chi connectivity index (χ2n) is 8.65. The van der Waals surface area contributed by atoms with Gasteiger partial charge in [0.25, 0.3) is 5.91 Å². The fourth-order valence-electron chi connectivity index (χ4n) is 3.95. The third-order valence-corrected chi connectivity index (χ3v) is 7.70. The normalized spacial score (nSPS) is 21.5. The molecular formula is C22H24N4O5S. The highest BCUT2D eigenvalue weighted by atomic mass is 32.2. The first kappa shape index (κ1) is 20.9. The van der Waals surface area contributed by atoms with Crippen LogP contribution in [0.4, 0.5) is 11.6 Å².